The van der Waals surface area contributed by atoms with Crippen LogP contribution < -0.4 is 11.1 Å². The smallest absolute Gasteiger partial charge is 0.241 e. The molecule has 2 heterocycles. The van der Waals surface area contributed by atoms with Crippen molar-refractivity contribution in [2.45, 2.75) is 31.7 Å². The largest absolute Gasteiger partial charge is 0.368 e. The maximum Gasteiger partial charge on any atom is 0.241 e. The molecular weight excluding hydrogens is 230 g/mol. The van der Waals surface area contributed by atoms with Crippen LogP contribution in [0.1, 0.15) is 26.2 Å². The molecule has 0 spiro atoms. The van der Waals surface area contributed by atoms with Gasteiger partial charge in [-0.15, -0.1) is 0 Å². The molecule has 0 bridgehead atoms. The fourth-order valence-corrected chi connectivity index (χ4v) is 2.03. The Balaban J connectivity index is 1.91. The summed E-state index contributed by atoms with van der Waals surface area (Å²) in [4.78, 5) is 16.5. The lowest BCUT2D eigenvalue weighted by Gasteiger charge is -2.39. The summed E-state index contributed by atoms with van der Waals surface area (Å²) in [6.45, 7) is 2.16. The quantitative estimate of drug-likeness (QED) is 0.837. The van der Waals surface area contributed by atoms with Crippen molar-refractivity contribution in [2.24, 2.45) is 0 Å². The SMILES string of the molecule is CC1(Nc2nc(N)nc(-n3ccnc3)n2)CCC1. The molecule has 3 rings (SSSR count). The molecule has 18 heavy (non-hydrogen) atoms. The molecule has 0 radical (unpaired) electrons. The van der Waals surface area contributed by atoms with E-state index in [9.17, 15) is 0 Å². The number of nitrogen functional groups attached to an aromatic ring is 1. The third-order valence-corrected chi connectivity index (χ3v) is 3.25. The predicted molar refractivity (Wildman–Crippen MR) is 67.2 cm³/mol. The molecule has 0 atom stereocenters. The van der Waals surface area contributed by atoms with E-state index in [0.717, 1.165) is 12.8 Å². The zero-order valence-corrected chi connectivity index (χ0v) is 10.2. The highest BCUT2D eigenvalue weighted by Gasteiger charge is 2.32. The first-order chi connectivity index (χ1) is 8.65. The van der Waals surface area contributed by atoms with Crippen molar-refractivity contribution < 1.29 is 0 Å². The zero-order chi connectivity index (χ0) is 12.6. The van der Waals surface area contributed by atoms with Gasteiger partial charge in [0.15, 0.2) is 0 Å². The number of aromatic nitrogens is 5. The van der Waals surface area contributed by atoms with E-state index in [-0.39, 0.29) is 11.5 Å². The van der Waals surface area contributed by atoms with Crippen LogP contribution in [0.2, 0.25) is 0 Å². The van der Waals surface area contributed by atoms with Crippen LogP contribution in [0.25, 0.3) is 5.95 Å². The number of hydrogen-bond donors (Lipinski definition) is 2. The molecule has 2 aromatic heterocycles. The molecule has 0 saturated heterocycles. The topological polar surface area (TPSA) is 94.5 Å². The van der Waals surface area contributed by atoms with Gasteiger partial charge < -0.3 is 11.1 Å². The van der Waals surface area contributed by atoms with E-state index >= 15 is 0 Å². The van der Waals surface area contributed by atoms with E-state index in [0.29, 0.717) is 11.9 Å². The van der Waals surface area contributed by atoms with Gasteiger partial charge in [0.2, 0.25) is 17.8 Å². The van der Waals surface area contributed by atoms with Crippen LogP contribution in [0.15, 0.2) is 18.7 Å². The van der Waals surface area contributed by atoms with Crippen LogP contribution in [0.4, 0.5) is 11.9 Å². The molecule has 1 aliphatic rings. The van der Waals surface area contributed by atoms with Crippen LogP contribution >= 0.6 is 0 Å². The average Bonchev–Trinajstić information content (AvgIpc) is 2.79. The third-order valence-electron chi connectivity index (χ3n) is 3.25. The highest BCUT2D eigenvalue weighted by atomic mass is 15.3. The number of rotatable bonds is 3. The average molecular weight is 245 g/mol. The van der Waals surface area contributed by atoms with E-state index in [4.69, 9.17) is 5.73 Å². The van der Waals surface area contributed by atoms with Gasteiger partial charge in [-0.05, 0) is 26.2 Å². The van der Waals surface area contributed by atoms with Gasteiger partial charge in [0, 0.05) is 17.9 Å². The minimum Gasteiger partial charge on any atom is -0.368 e. The lowest BCUT2D eigenvalue weighted by molar-refractivity contribution is 0.304. The summed E-state index contributed by atoms with van der Waals surface area (Å²) < 4.78 is 1.70. The van der Waals surface area contributed by atoms with Gasteiger partial charge in [-0.1, -0.05) is 0 Å². The molecule has 7 nitrogen and oxygen atoms in total. The van der Waals surface area contributed by atoms with E-state index in [2.05, 4.69) is 32.2 Å². The normalized spacial score (nSPS) is 17.2. The molecule has 0 aromatic carbocycles. The molecule has 1 saturated carbocycles. The summed E-state index contributed by atoms with van der Waals surface area (Å²) in [6.07, 6.45) is 8.55. The fraction of sp³-hybridized carbons (Fsp3) is 0.455. The third kappa shape index (κ3) is 1.99. The molecule has 1 fully saturated rings. The summed E-state index contributed by atoms with van der Waals surface area (Å²) in [7, 11) is 0. The molecule has 2 aromatic rings. The van der Waals surface area contributed by atoms with Crippen molar-refractivity contribution in [1.82, 2.24) is 24.5 Å². The van der Waals surface area contributed by atoms with Gasteiger partial charge in [0.1, 0.15) is 6.33 Å². The van der Waals surface area contributed by atoms with Crippen LogP contribution in [-0.2, 0) is 0 Å². The Hall–Kier alpha value is -2.18. The van der Waals surface area contributed by atoms with E-state index < -0.39 is 0 Å². The first kappa shape index (κ1) is 10.9. The number of nitrogens with two attached hydrogens (primary N) is 1. The second-order valence-electron chi connectivity index (χ2n) is 4.83. The number of imidazole rings is 1. The minimum absolute atomic E-state index is 0.0833. The van der Waals surface area contributed by atoms with E-state index in [1.807, 2.05) is 0 Å². The van der Waals surface area contributed by atoms with Gasteiger partial charge >= 0.3 is 0 Å². The number of anilines is 2. The lowest BCUT2D eigenvalue weighted by Crippen LogP contribution is -2.42. The van der Waals surface area contributed by atoms with Crippen molar-refractivity contribution in [2.75, 3.05) is 11.1 Å². The molecule has 0 unspecified atom stereocenters. The molecule has 1 aliphatic carbocycles. The minimum atomic E-state index is 0.0833. The summed E-state index contributed by atoms with van der Waals surface area (Å²) in [5, 5.41) is 3.32. The number of hydrogen-bond acceptors (Lipinski definition) is 6. The Morgan fingerprint density at radius 1 is 1.33 bits per heavy atom. The molecule has 3 N–H and O–H groups in total. The number of nitrogens with zero attached hydrogens (tertiary/aromatic N) is 5. The molecule has 94 valence electrons. The Labute approximate surface area is 104 Å². The van der Waals surface area contributed by atoms with E-state index in [1.54, 1.807) is 23.3 Å². The van der Waals surface area contributed by atoms with Crippen LogP contribution in [0.3, 0.4) is 0 Å². The van der Waals surface area contributed by atoms with Gasteiger partial charge in [-0.25, -0.2) is 4.98 Å². The fourth-order valence-electron chi connectivity index (χ4n) is 2.03. The van der Waals surface area contributed by atoms with Gasteiger partial charge in [-0.3, -0.25) is 4.57 Å². The van der Waals surface area contributed by atoms with Gasteiger partial charge in [-0.2, -0.15) is 15.0 Å². The maximum atomic E-state index is 5.71. The Kier molecular flexibility index (Phi) is 2.39. The van der Waals surface area contributed by atoms with Crippen LogP contribution in [0.5, 0.6) is 0 Å². The Morgan fingerprint density at radius 2 is 2.17 bits per heavy atom. The summed E-state index contributed by atoms with van der Waals surface area (Å²) in [5.74, 6) is 1.21. The van der Waals surface area contributed by atoms with Gasteiger partial charge in [0.25, 0.3) is 0 Å². The summed E-state index contributed by atoms with van der Waals surface area (Å²) >= 11 is 0. The number of nitrogens with one attached hydrogen (secondary N) is 1. The second-order valence-corrected chi connectivity index (χ2v) is 4.83. The second kappa shape index (κ2) is 3.94. The molecule has 0 amide bonds. The molecule has 7 heteroatoms. The standard InChI is InChI=1S/C11H15N7/c1-11(3-2-4-11)17-9-14-8(12)15-10(16-9)18-6-5-13-7-18/h5-7H,2-4H2,1H3,(H3,12,14,15,16,17). The Morgan fingerprint density at radius 3 is 2.78 bits per heavy atom. The maximum absolute atomic E-state index is 5.71. The monoisotopic (exact) mass is 245 g/mol. The van der Waals surface area contributed by atoms with Crippen molar-refractivity contribution >= 4 is 11.9 Å². The lowest BCUT2D eigenvalue weighted by atomic mass is 9.79. The van der Waals surface area contributed by atoms with E-state index in [1.165, 1.54) is 6.42 Å². The highest BCUT2D eigenvalue weighted by molar-refractivity contribution is 5.38. The molecule has 0 aliphatic heterocycles. The summed E-state index contributed by atoms with van der Waals surface area (Å²) in [6, 6.07) is 0. The van der Waals surface area contributed by atoms with Crippen molar-refractivity contribution in [1.29, 1.82) is 0 Å². The Bertz CT molecular complexity index is 545. The van der Waals surface area contributed by atoms with Crippen LogP contribution in [0, 0.1) is 0 Å². The first-order valence-electron chi connectivity index (χ1n) is 5.93. The van der Waals surface area contributed by atoms with Crippen molar-refractivity contribution in [3.63, 3.8) is 0 Å². The van der Waals surface area contributed by atoms with Crippen molar-refractivity contribution in [3.05, 3.63) is 18.7 Å². The first-order valence-corrected chi connectivity index (χ1v) is 5.93. The van der Waals surface area contributed by atoms with Crippen LogP contribution in [-0.4, -0.2) is 30.0 Å². The highest BCUT2D eigenvalue weighted by Crippen LogP contribution is 2.33. The predicted octanol–water partition coefficient (Wildman–Crippen LogP) is 0.994. The van der Waals surface area contributed by atoms with Gasteiger partial charge in [0.05, 0.1) is 0 Å². The van der Waals surface area contributed by atoms with Crippen molar-refractivity contribution in [3.8, 4) is 5.95 Å². The summed E-state index contributed by atoms with van der Waals surface area (Å²) in [5.41, 5.74) is 5.79. The zero-order valence-electron chi connectivity index (χ0n) is 10.2. The molecular formula is C11H15N7.